The number of hydrogen-bond acceptors (Lipinski definition) is 3. The Kier molecular flexibility index (Phi) is 4.16. The minimum Gasteiger partial charge on any atom is -0.289 e. The van der Waals surface area contributed by atoms with Crippen LogP contribution in [-0.2, 0) is 0 Å². The summed E-state index contributed by atoms with van der Waals surface area (Å²) in [5, 5.41) is 1.22. The van der Waals surface area contributed by atoms with Gasteiger partial charge in [-0.3, -0.25) is 10.7 Å². The highest BCUT2D eigenvalue weighted by molar-refractivity contribution is 6.35. The largest absolute Gasteiger partial charge is 0.289 e. The van der Waals surface area contributed by atoms with Crippen molar-refractivity contribution in [1.82, 2.24) is 10.3 Å². The van der Waals surface area contributed by atoms with Crippen LogP contribution in [-0.4, -0.2) is 19.0 Å². The molecule has 0 bridgehead atoms. The molecule has 78 valence electrons. The second-order valence-electron chi connectivity index (χ2n) is 3.20. The molecule has 3 N–H and O–H groups in total. The first-order valence-corrected chi connectivity index (χ1v) is 4.89. The van der Waals surface area contributed by atoms with Crippen LogP contribution in [0.4, 0.5) is 0 Å². The van der Waals surface area contributed by atoms with Gasteiger partial charge in [0.15, 0.2) is 0 Å². The highest BCUT2D eigenvalue weighted by Crippen LogP contribution is 2.26. The highest BCUT2D eigenvalue weighted by Gasteiger charge is 2.14. The second kappa shape index (κ2) is 4.96. The Morgan fingerprint density at radius 2 is 2.00 bits per heavy atom. The molecule has 0 fully saturated rings. The summed E-state index contributed by atoms with van der Waals surface area (Å²) in [6, 6.07) is 5.35. The SMILES string of the molecule is CN(C)C(NN)c1ccc(Cl)cc1Cl. The molecular weight excluding hydrogens is 221 g/mol. The Morgan fingerprint density at radius 1 is 1.36 bits per heavy atom. The van der Waals surface area contributed by atoms with Crippen molar-refractivity contribution in [1.29, 1.82) is 0 Å². The van der Waals surface area contributed by atoms with E-state index in [0.717, 1.165) is 5.56 Å². The summed E-state index contributed by atoms with van der Waals surface area (Å²) in [5.41, 5.74) is 3.58. The molecule has 5 heteroatoms. The standard InChI is InChI=1S/C9H13Cl2N3/c1-14(2)9(13-12)7-4-3-6(10)5-8(7)11/h3-5,9,13H,12H2,1-2H3. The van der Waals surface area contributed by atoms with Crippen LogP contribution in [0.5, 0.6) is 0 Å². The first-order valence-electron chi connectivity index (χ1n) is 4.13. The third-order valence-corrected chi connectivity index (χ3v) is 2.49. The lowest BCUT2D eigenvalue weighted by atomic mass is 10.1. The van der Waals surface area contributed by atoms with Crippen molar-refractivity contribution in [2.45, 2.75) is 6.17 Å². The molecule has 0 saturated heterocycles. The Labute approximate surface area is 93.8 Å². The second-order valence-corrected chi connectivity index (χ2v) is 4.04. The maximum atomic E-state index is 6.04. The Balaban J connectivity index is 3.04. The summed E-state index contributed by atoms with van der Waals surface area (Å²) >= 11 is 11.8. The van der Waals surface area contributed by atoms with Gasteiger partial charge in [0.2, 0.25) is 0 Å². The van der Waals surface area contributed by atoms with E-state index in [0.29, 0.717) is 10.0 Å². The van der Waals surface area contributed by atoms with E-state index in [4.69, 9.17) is 29.0 Å². The number of halogens is 2. The number of rotatable bonds is 3. The molecule has 0 aromatic heterocycles. The third kappa shape index (κ3) is 2.59. The number of nitrogens with two attached hydrogens (primary N) is 1. The lowest BCUT2D eigenvalue weighted by Gasteiger charge is -2.24. The predicted molar refractivity (Wildman–Crippen MR) is 60.2 cm³/mol. The lowest BCUT2D eigenvalue weighted by Crippen LogP contribution is -2.37. The van der Waals surface area contributed by atoms with Crippen LogP contribution in [0.3, 0.4) is 0 Å². The summed E-state index contributed by atoms with van der Waals surface area (Å²) in [5.74, 6) is 5.43. The zero-order valence-corrected chi connectivity index (χ0v) is 9.60. The van der Waals surface area contributed by atoms with Crippen molar-refractivity contribution in [3.63, 3.8) is 0 Å². The average Bonchev–Trinajstić information content (AvgIpc) is 2.09. The molecule has 0 spiro atoms. The maximum Gasteiger partial charge on any atom is 0.0995 e. The number of hydrogen-bond donors (Lipinski definition) is 2. The highest BCUT2D eigenvalue weighted by atomic mass is 35.5. The minimum absolute atomic E-state index is 0.111. The summed E-state index contributed by atoms with van der Waals surface area (Å²) in [6.07, 6.45) is -0.111. The molecular formula is C9H13Cl2N3. The van der Waals surface area contributed by atoms with Crippen LogP contribution in [0.25, 0.3) is 0 Å². The van der Waals surface area contributed by atoms with Crippen molar-refractivity contribution in [2.75, 3.05) is 14.1 Å². The van der Waals surface area contributed by atoms with Crippen LogP contribution >= 0.6 is 23.2 Å². The van der Waals surface area contributed by atoms with Gasteiger partial charge in [0.05, 0.1) is 6.17 Å². The fourth-order valence-corrected chi connectivity index (χ4v) is 1.75. The van der Waals surface area contributed by atoms with Gasteiger partial charge in [0, 0.05) is 15.6 Å². The van der Waals surface area contributed by atoms with Gasteiger partial charge in [-0.05, 0) is 26.2 Å². The normalized spacial score (nSPS) is 13.3. The molecule has 1 aromatic carbocycles. The molecule has 0 radical (unpaired) electrons. The van der Waals surface area contributed by atoms with Gasteiger partial charge < -0.3 is 0 Å². The smallest absolute Gasteiger partial charge is 0.0995 e. The summed E-state index contributed by atoms with van der Waals surface area (Å²) in [6.45, 7) is 0. The van der Waals surface area contributed by atoms with E-state index in [1.54, 1.807) is 12.1 Å². The van der Waals surface area contributed by atoms with Gasteiger partial charge in [-0.15, -0.1) is 0 Å². The van der Waals surface area contributed by atoms with Crippen molar-refractivity contribution < 1.29 is 0 Å². The van der Waals surface area contributed by atoms with E-state index in [-0.39, 0.29) is 6.17 Å². The summed E-state index contributed by atoms with van der Waals surface area (Å²) < 4.78 is 0. The van der Waals surface area contributed by atoms with Gasteiger partial charge in [0.25, 0.3) is 0 Å². The molecule has 0 saturated carbocycles. The van der Waals surface area contributed by atoms with E-state index >= 15 is 0 Å². The van der Waals surface area contributed by atoms with E-state index < -0.39 is 0 Å². The van der Waals surface area contributed by atoms with Crippen LogP contribution < -0.4 is 11.3 Å². The lowest BCUT2D eigenvalue weighted by molar-refractivity contribution is 0.253. The van der Waals surface area contributed by atoms with E-state index in [1.807, 2.05) is 25.1 Å². The van der Waals surface area contributed by atoms with Gasteiger partial charge in [0.1, 0.15) is 0 Å². The number of benzene rings is 1. The van der Waals surface area contributed by atoms with Crippen LogP contribution in [0.1, 0.15) is 11.7 Å². The monoisotopic (exact) mass is 233 g/mol. The van der Waals surface area contributed by atoms with Crippen molar-refractivity contribution >= 4 is 23.2 Å². The number of nitrogens with zero attached hydrogens (tertiary/aromatic N) is 1. The van der Waals surface area contributed by atoms with E-state index in [1.165, 1.54) is 0 Å². The summed E-state index contributed by atoms with van der Waals surface area (Å²) in [4.78, 5) is 1.93. The molecule has 0 aliphatic carbocycles. The first kappa shape index (κ1) is 11.8. The Bertz CT molecular complexity index is 315. The molecule has 1 unspecified atom stereocenters. The molecule has 14 heavy (non-hydrogen) atoms. The van der Waals surface area contributed by atoms with Crippen molar-refractivity contribution in [2.24, 2.45) is 5.84 Å². The molecule has 3 nitrogen and oxygen atoms in total. The van der Waals surface area contributed by atoms with E-state index in [2.05, 4.69) is 5.43 Å². The maximum absolute atomic E-state index is 6.04. The molecule has 1 rings (SSSR count). The predicted octanol–water partition coefficient (Wildman–Crippen LogP) is 2.02. The fourth-order valence-electron chi connectivity index (χ4n) is 1.24. The molecule has 0 heterocycles. The van der Waals surface area contributed by atoms with Gasteiger partial charge in [-0.25, -0.2) is 5.43 Å². The average molecular weight is 234 g/mol. The van der Waals surface area contributed by atoms with Gasteiger partial charge in [-0.1, -0.05) is 29.3 Å². The van der Waals surface area contributed by atoms with Crippen LogP contribution in [0, 0.1) is 0 Å². The third-order valence-electron chi connectivity index (χ3n) is 1.93. The molecule has 0 aliphatic heterocycles. The van der Waals surface area contributed by atoms with Crippen LogP contribution in [0.15, 0.2) is 18.2 Å². The van der Waals surface area contributed by atoms with Crippen molar-refractivity contribution in [3.8, 4) is 0 Å². The quantitative estimate of drug-likeness (QED) is 0.477. The number of nitrogens with one attached hydrogen (secondary N) is 1. The first-order chi connectivity index (χ1) is 6.56. The number of hydrazine groups is 1. The molecule has 1 atom stereocenters. The Hall–Kier alpha value is -0.320. The van der Waals surface area contributed by atoms with E-state index in [9.17, 15) is 0 Å². The zero-order valence-electron chi connectivity index (χ0n) is 8.09. The molecule has 0 amide bonds. The van der Waals surface area contributed by atoms with Gasteiger partial charge >= 0.3 is 0 Å². The van der Waals surface area contributed by atoms with Crippen LogP contribution in [0.2, 0.25) is 10.0 Å². The Morgan fingerprint density at radius 3 is 2.43 bits per heavy atom. The molecule has 1 aromatic rings. The zero-order chi connectivity index (χ0) is 10.7. The fraction of sp³-hybridized carbons (Fsp3) is 0.333. The summed E-state index contributed by atoms with van der Waals surface area (Å²) in [7, 11) is 3.82. The minimum atomic E-state index is -0.111. The van der Waals surface area contributed by atoms with Gasteiger partial charge in [-0.2, -0.15) is 0 Å². The topological polar surface area (TPSA) is 41.3 Å². The van der Waals surface area contributed by atoms with Crippen molar-refractivity contribution in [3.05, 3.63) is 33.8 Å². The molecule has 0 aliphatic rings.